The highest BCUT2D eigenvalue weighted by atomic mass is 14.7. The molecule has 0 aromatic carbocycles. The van der Waals surface area contributed by atoms with Crippen LogP contribution in [0.1, 0.15) is 18.1 Å². The minimum atomic E-state index is 0.0925. The fourth-order valence-electron chi connectivity index (χ4n) is 0.974. The summed E-state index contributed by atoms with van der Waals surface area (Å²) in [5, 5.41) is 7.22. The topological polar surface area (TPSA) is 62.8 Å². The van der Waals surface area contributed by atoms with Crippen LogP contribution < -0.4 is 5.73 Å². The predicted molar refractivity (Wildman–Crippen MR) is 44.6 cm³/mol. The molecule has 58 valence electrons. The van der Waals surface area contributed by atoms with Gasteiger partial charge in [-0.1, -0.05) is 6.92 Å². The molecule has 1 rings (SSSR count). The average Bonchev–Trinajstić information content (AvgIpc) is 2.04. The number of aryl methyl sites for hydroxylation is 1. The van der Waals surface area contributed by atoms with Crippen LogP contribution in [0.15, 0.2) is 18.5 Å². The fourth-order valence-corrected chi connectivity index (χ4v) is 0.974. The lowest BCUT2D eigenvalue weighted by Gasteiger charge is -2.02. The predicted octanol–water partition coefficient (Wildman–Crippen LogP) is 0.928. The van der Waals surface area contributed by atoms with Crippen LogP contribution in [0, 0.1) is 5.41 Å². The summed E-state index contributed by atoms with van der Waals surface area (Å²) in [4.78, 5) is 3.89. The summed E-state index contributed by atoms with van der Waals surface area (Å²) >= 11 is 0. The van der Waals surface area contributed by atoms with E-state index >= 15 is 0 Å². The number of hydrogen-bond acceptors (Lipinski definition) is 2. The van der Waals surface area contributed by atoms with E-state index in [2.05, 4.69) is 4.98 Å². The molecule has 0 saturated heterocycles. The maximum absolute atomic E-state index is 7.22. The number of pyridine rings is 1. The van der Waals surface area contributed by atoms with Crippen molar-refractivity contribution in [1.82, 2.24) is 4.98 Å². The van der Waals surface area contributed by atoms with Crippen LogP contribution >= 0.6 is 0 Å². The van der Waals surface area contributed by atoms with Gasteiger partial charge in [-0.2, -0.15) is 0 Å². The third-order valence-corrected chi connectivity index (χ3v) is 1.58. The van der Waals surface area contributed by atoms with E-state index in [0.29, 0.717) is 0 Å². The molecule has 0 unspecified atom stereocenters. The number of nitrogens with two attached hydrogens (primary N) is 1. The Morgan fingerprint density at radius 3 is 2.91 bits per heavy atom. The lowest BCUT2D eigenvalue weighted by molar-refractivity contribution is 1.10. The zero-order valence-corrected chi connectivity index (χ0v) is 6.46. The first-order valence-electron chi connectivity index (χ1n) is 3.53. The molecule has 3 N–H and O–H groups in total. The maximum Gasteiger partial charge on any atom is 0.124 e. The van der Waals surface area contributed by atoms with Crippen molar-refractivity contribution in [2.24, 2.45) is 5.73 Å². The second-order valence-corrected chi connectivity index (χ2v) is 2.30. The summed E-state index contributed by atoms with van der Waals surface area (Å²) in [7, 11) is 0. The number of hydrogen-bond donors (Lipinski definition) is 2. The molecule has 0 fully saturated rings. The van der Waals surface area contributed by atoms with Gasteiger partial charge in [0, 0.05) is 18.0 Å². The summed E-state index contributed by atoms with van der Waals surface area (Å²) < 4.78 is 0. The molecule has 0 saturated carbocycles. The van der Waals surface area contributed by atoms with Crippen molar-refractivity contribution in [3.8, 4) is 0 Å². The molecule has 1 heterocycles. The minimum absolute atomic E-state index is 0.0925. The van der Waals surface area contributed by atoms with Crippen molar-refractivity contribution in [3.05, 3.63) is 29.6 Å². The van der Waals surface area contributed by atoms with E-state index in [4.69, 9.17) is 11.1 Å². The first-order valence-corrected chi connectivity index (χ1v) is 3.53. The molecule has 0 radical (unpaired) electrons. The summed E-state index contributed by atoms with van der Waals surface area (Å²) in [6.07, 6.45) is 4.23. The van der Waals surface area contributed by atoms with Crippen molar-refractivity contribution in [2.45, 2.75) is 13.3 Å². The summed E-state index contributed by atoms with van der Waals surface area (Å²) in [5.74, 6) is 0.0925. The van der Waals surface area contributed by atoms with Gasteiger partial charge in [-0.05, 0) is 18.1 Å². The van der Waals surface area contributed by atoms with Crippen LogP contribution in [0.2, 0.25) is 0 Å². The number of aromatic nitrogens is 1. The Morgan fingerprint density at radius 1 is 1.73 bits per heavy atom. The molecule has 11 heavy (non-hydrogen) atoms. The molecule has 0 aliphatic rings. The normalized spacial score (nSPS) is 9.55. The molecular formula is C8H11N3. The number of nitrogens with zero attached hydrogens (tertiary/aromatic N) is 1. The molecule has 1 aromatic heterocycles. The zero-order valence-electron chi connectivity index (χ0n) is 6.46. The molecule has 0 amide bonds. The van der Waals surface area contributed by atoms with E-state index < -0.39 is 0 Å². The molecule has 0 bridgehead atoms. The van der Waals surface area contributed by atoms with Gasteiger partial charge in [-0.25, -0.2) is 0 Å². The van der Waals surface area contributed by atoms with Gasteiger partial charge in [0.15, 0.2) is 0 Å². The Morgan fingerprint density at radius 2 is 2.45 bits per heavy atom. The molecule has 0 atom stereocenters. The molecular weight excluding hydrogens is 138 g/mol. The van der Waals surface area contributed by atoms with Crippen molar-refractivity contribution in [2.75, 3.05) is 0 Å². The van der Waals surface area contributed by atoms with Crippen molar-refractivity contribution < 1.29 is 0 Å². The monoisotopic (exact) mass is 149 g/mol. The highest BCUT2D eigenvalue weighted by molar-refractivity contribution is 5.96. The van der Waals surface area contributed by atoms with Gasteiger partial charge < -0.3 is 5.73 Å². The Balaban J connectivity index is 3.12. The highest BCUT2D eigenvalue weighted by Crippen LogP contribution is 2.05. The molecule has 3 heteroatoms. The van der Waals surface area contributed by atoms with E-state index in [1.54, 1.807) is 12.4 Å². The summed E-state index contributed by atoms with van der Waals surface area (Å²) in [6, 6.07) is 1.89. The van der Waals surface area contributed by atoms with E-state index in [0.717, 1.165) is 17.5 Å². The zero-order chi connectivity index (χ0) is 8.27. The van der Waals surface area contributed by atoms with Crippen LogP contribution in [-0.2, 0) is 6.42 Å². The van der Waals surface area contributed by atoms with Crippen LogP contribution in [-0.4, -0.2) is 10.8 Å². The third-order valence-electron chi connectivity index (χ3n) is 1.58. The van der Waals surface area contributed by atoms with Gasteiger partial charge in [0.25, 0.3) is 0 Å². The van der Waals surface area contributed by atoms with E-state index in [9.17, 15) is 0 Å². The Bertz CT molecular complexity index is 268. The van der Waals surface area contributed by atoms with Gasteiger partial charge in [-0.3, -0.25) is 10.4 Å². The lowest BCUT2D eigenvalue weighted by Crippen LogP contribution is -2.13. The smallest absolute Gasteiger partial charge is 0.124 e. The second-order valence-electron chi connectivity index (χ2n) is 2.30. The lowest BCUT2D eigenvalue weighted by atomic mass is 10.1. The van der Waals surface area contributed by atoms with Crippen LogP contribution in [0.3, 0.4) is 0 Å². The molecule has 1 aromatic rings. The number of rotatable bonds is 2. The maximum atomic E-state index is 7.22. The number of nitrogen functional groups attached to an aromatic ring is 1. The van der Waals surface area contributed by atoms with Gasteiger partial charge >= 0.3 is 0 Å². The molecule has 0 aliphatic heterocycles. The Labute approximate surface area is 65.8 Å². The van der Waals surface area contributed by atoms with E-state index in [1.165, 1.54) is 0 Å². The van der Waals surface area contributed by atoms with E-state index in [1.807, 2.05) is 13.0 Å². The number of nitrogens with one attached hydrogen (secondary N) is 1. The molecule has 3 nitrogen and oxygen atoms in total. The van der Waals surface area contributed by atoms with Gasteiger partial charge in [0.05, 0.1) is 0 Å². The first-order chi connectivity index (χ1) is 5.25. The first kappa shape index (κ1) is 7.72. The fraction of sp³-hybridized carbons (Fsp3) is 0.250. The number of amidine groups is 1. The highest BCUT2D eigenvalue weighted by Gasteiger charge is 2.01. The van der Waals surface area contributed by atoms with Crippen molar-refractivity contribution in [3.63, 3.8) is 0 Å². The van der Waals surface area contributed by atoms with Gasteiger partial charge in [0.2, 0.25) is 0 Å². The molecule has 0 spiro atoms. The Kier molecular flexibility index (Phi) is 2.21. The SMILES string of the molecule is CCc1ccncc1C(=N)N. The standard InChI is InChI=1S/C8H11N3/c1-2-6-3-4-11-5-7(6)8(9)10/h3-5H,2H2,1H3,(H3,9,10). The van der Waals surface area contributed by atoms with Crippen molar-refractivity contribution in [1.29, 1.82) is 5.41 Å². The van der Waals surface area contributed by atoms with Gasteiger partial charge in [0.1, 0.15) is 5.84 Å². The summed E-state index contributed by atoms with van der Waals surface area (Å²) in [5.41, 5.74) is 7.16. The quantitative estimate of drug-likeness (QED) is 0.485. The van der Waals surface area contributed by atoms with Crippen LogP contribution in [0.25, 0.3) is 0 Å². The third kappa shape index (κ3) is 1.55. The van der Waals surface area contributed by atoms with Crippen LogP contribution in [0.4, 0.5) is 0 Å². The largest absolute Gasteiger partial charge is 0.384 e. The second kappa shape index (κ2) is 3.14. The average molecular weight is 149 g/mol. The van der Waals surface area contributed by atoms with E-state index in [-0.39, 0.29) is 5.84 Å². The Hall–Kier alpha value is -1.38. The minimum Gasteiger partial charge on any atom is -0.384 e. The summed E-state index contributed by atoms with van der Waals surface area (Å²) in [6.45, 7) is 2.03. The van der Waals surface area contributed by atoms with Gasteiger partial charge in [-0.15, -0.1) is 0 Å². The molecule has 0 aliphatic carbocycles. The van der Waals surface area contributed by atoms with Crippen molar-refractivity contribution >= 4 is 5.84 Å². The van der Waals surface area contributed by atoms with Crippen LogP contribution in [0.5, 0.6) is 0 Å².